The van der Waals surface area contributed by atoms with Crippen LogP contribution >= 0.6 is 31.9 Å². The van der Waals surface area contributed by atoms with Gasteiger partial charge in [-0.2, -0.15) is 0 Å². The molecule has 0 fully saturated rings. The third kappa shape index (κ3) is 5.74. The lowest BCUT2D eigenvalue weighted by molar-refractivity contribution is -0.382. The number of aromatic nitrogens is 4. The minimum Gasteiger partial charge on any atom is -0.354 e. The Morgan fingerprint density at radius 2 is 0.925 bits per heavy atom. The minimum absolute atomic E-state index is 0.0506. The number of nitro groups is 1. The Bertz CT molecular complexity index is 2810. The van der Waals surface area contributed by atoms with E-state index in [2.05, 4.69) is 54.0 Å². The van der Waals surface area contributed by atoms with Crippen LogP contribution in [0.15, 0.2) is 140 Å². The van der Waals surface area contributed by atoms with Gasteiger partial charge in [-0.3, -0.25) is 10.1 Å². The van der Waals surface area contributed by atoms with Crippen molar-refractivity contribution in [3.63, 3.8) is 0 Å². The average molecular weight is 818 g/mol. The quantitative estimate of drug-likeness (QED) is 0.133. The summed E-state index contributed by atoms with van der Waals surface area (Å²) in [7, 11) is 0. The molecule has 0 radical (unpaired) electrons. The highest BCUT2D eigenvalue weighted by Gasteiger charge is 2.27. The molecule has 0 saturated carbocycles. The highest BCUT2D eigenvalue weighted by Crippen LogP contribution is 2.47. The Balaban J connectivity index is 1.56. The second kappa shape index (κ2) is 13.4. The lowest BCUT2D eigenvalue weighted by atomic mass is 10.0. The Morgan fingerprint density at radius 3 is 1.45 bits per heavy atom. The standard InChI is InChI=1S/C44H27Br2N5O2/c45-40-41(46)44-39(29-19-11-4-12-20-29)33-24-23-31(48-33)37(27-15-7-2-8-16-27)42-35(51(52)53)25-34(49-42)36(26-13-5-1-6-14-26)30-21-22-32(47-30)38(43(40)50-44)28-17-9-3-10-18-28/h1-25,47,49H. The van der Waals surface area contributed by atoms with Crippen LogP contribution in [0, 0.1) is 10.1 Å². The zero-order valence-corrected chi connectivity index (χ0v) is 31.0. The summed E-state index contributed by atoms with van der Waals surface area (Å²) in [5, 5.41) is 12.9. The van der Waals surface area contributed by atoms with E-state index in [0.29, 0.717) is 33.7 Å². The fraction of sp³-hybridized carbons (Fsp3) is 0. The highest BCUT2D eigenvalue weighted by molar-refractivity contribution is 9.18. The fourth-order valence-corrected chi connectivity index (χ4v) is 8.06. The molecule has 0 spiro atoms. The van der Waals surface area contributed by atoms with Crippen LogP contribution in [0.4, 0.5) is 5.69 Å². The Kier molecular flexibility index (Phi) is 8.29. The smallest absolute Gasteiger partial charge is 0.295 e. The first-order valence-electron chi connectivity index (χ1n) is 16.9. The number of H-pyrrole nitrogens is 2. The van der Waals surface area contributed by atoms with E-state index in [1.807, 2.05) is 133 Å². The molecular formula is C44H27Br2N5O2. The summed E-state index contributed by atoms with van der Waals surface area (Å²) < 4.78 is 1.59. The SMILES string of the molecule is O=[N+]([O-])c1cc2[nH]c1c(-c1ccccc1)c1nc(c(-c3ccccc3)c3nc(c(-c4ccccc4)c4ccc([nH]4)c2-c2ccccc2)C(Br)=C3Br)C=C1. The van der Waals surface area contributed by atoms with E-state index < -0.39 is 0 Å². The molecule has 9 rings (SSSR count). The second-order valence-corrected chi connectivity index (χ2v) is 14.2. The van der Waals surface area contributed by atoms with Gasteiger partial charge in [0.1, 0.15) is 5.52 Å². The topological polar surface area (TPSA) is 100 Å². The van der Waals surface area contributed by atoms with Gasteiger partial charge in [0.2, 0.25) is 0 Å². The number of nitrogens with zero attached hydrogens (tertiary/aromatic N) is 3. The first-order chi connectivity index (χ1) is 26.0. The number of hydrogen-bond donors (Lipinski definition) is 2. The summed E-state index contributed by atoms with van der Waals surface area (Å²) in [4.78, 5) is 30.5. The second-order valence-electron chi connectivity index (χ2n) is 12.6. The van der Waals surface area contributed by atoms with E-state index in [0.717, 1.165) is 64.6 Å². The summed E-state index contributed by atoms with van der Waals surface area (Å²) >= 11 is 7.86. The van der Waals surface area contributed by atoms with Crippen molar-refractivity contribution in [2.75, 3.05) is 0 Å². The van der Waals surface area contributed by atoms with Crippen LogP contribution in [-0.4, -0.2) is 24.9 Å². The van der Waals surface area contributed by atoms with Crippen molar-refractivity contribution in [3.8, 4) is 44.5 Å². The lowest BCUT2D eigenvalue weighted by Crippen LogP contribution is -1.92. The molecule has 0 unspecified atom stereocenters. The summed E-state index contributed by atoms with van der Waals surface area (Å²) in [5.74, 6) is 0. The summed E-state index contributed by atoms with van der Waals surface area (Å²) in [6, 6.07) is 45.5. The molecule has 2 aliphatic heterocycles. The molecule has 4 aromatic carbocycles. The Morgan fingerprint density at radius 1 is 0.491 bits per heavy atom. The van der Waals surface area contributed by atoms with Crippen LogP contribution in [0.5, 0.6) is 0 Å². The van der Waals surface area contributed by atoms with E-state index in [4.69, 9.17) is 9.97 Å². The maximum Gasteiger partial charge on any atom is 0.295 e. The van der Waals surface area contributed by atoms with Crippen LogP contribution in [0.1, 0.15) is 22.8 Å². The van der Waals surface area contributed by atoms with Gasteiger partial charge in [0, 0.05) is 39.4 Å². The van der Waals surface area contributed by atoms with Crippen molar-refractivity contribution in [2.24, 2.45) is 0 Å². The average Bonchev–Trinajstić information content (AvgIpc) is 4.01. The van der Waals surface area contributed by atoms with Crippen LogP contribution in [0.2, 0.25) is 0 Å². The van der Waals surface area contributed by atoms with Gasteiger partial charge in [-0.1, -0.05) is 121 Å². The number of rotatable bonds is 5. The Hall–Kier alpha value is -6.16. The van der Waals surface area contributed by atoms with Gasteiger partial charge in [0.15, 0.2) is 0 Å². The molecule has 7 aromatic rings. The molecule has 254 valence electrons. The first-order valence-corrected chi connectivity index (χ1v) is 18.5. The zero-order valence-electron chi connectivity index (χ0n) is 27.8. The van der Waals surface area contributed by atoms with Gasteiger partial charge in [-0.15, -0.1) is 0 Å². The maximum absolute atomic E-state index is 12.9. The van der Waals surface area contributed by atoms with Crippen LogP contribution in [0.25, 0.3) is 87.7 Å². The van der Waals surface area contributed by atoms with Crippen molar-refractivity contribution in [1.29, 1.82) is 0 Å². The summed E-state index contributed by atoms with van der Waals surface area (Å²) in [6.07, 6.45) is 3.89. The highest BCUT2D eigenvalue weighted by atomic mass is 79.9. The maximum atomic E-state index is 12.9. The van der Waals surface area contributed by atoms with Gasteiger partial charge < -0.3 is 9.97 Å². The molecule has 0 atom stereocenters. The summed E-state index contributed by atoms with van der Waals surface area (Å²) in [6.45, 7) is 0. The molecule has 9 heteroatoms. The lowest BCUT2D eigenvalue weighted by Gasteiger charge is -2.07. The number of fused-ring (bicyclic) bond motifs is 8. The van der Waals surface area contributed by atoms with Crippen molar-refractivity contribution in [2.45, 2.75) is 0 Å². The van der Waals surface area contributed by atoms with E-state index in [-0.39, 0.29) is 10.6 Å². The minimum atomic E-state index is -0.328. The number of benzene rings is 4. The predicted octanol–water partition coefficient (Wildman–Crippen LogP) is 12.7. The molecule has 8 bridgehead atoms. The summed E-state index contributed by atoms with van der Waals surface area (Å²) in [5.41, 5.74) is 11.9. The zero-order chi connectivity index (χ0) is 36.1. The molecule has 3 aromatic heterocycles. The third-order valence-corrected chi connectivity index (χ3v) is 11.5. The molecule has 53 heavy (non-hydrogen) atoms. The number of aromatic amines is 2. The monoisotopic (exact) mass is 815 g/mol. The van der Waals surface area contributed by atoms with E-state index in [9.17, 15) is 10.1 Å². The third-order valence-electron chi connectivity index (χ3n) is 9.45. The van der Waals surface area contributed by atoms with Crippen molar-refractivity contribution < 1.29 is 4.92 Å². The largest absolute Gasteiger partial charge is 0.354 e. The van der Waals surface area contributed by atoms with E-state index >= 15 is 0 Å². The molecule has 0 aliphatic carbocycles. The van der Waals surface area contributed by atoms with Crippen molar-refractivity contribution in [1.82, 2.24) is 19.9 Å². The molecule has 2 N–H and O–H groups in total. The van der Waals surface area contributed by atoms with Gasteiger partial charge >= 0.3 is 0 Å². The Labute approximate surface area is 320 Å². The van der Waals surface area contributed by atoms with Gasteiger partial charge in [0.25, 0.3) is 5.69 Å². The van der Waals surface area contributed by atoms with Crippen molar-refractivity contribution >= 4 is 80.7 Å². The van der Waals surface area contributed by atoms with Crippen LogP contribution < -0.4 is 0 Å². The number of hydrogen-bond acceptors (Lipinski definition) is 4. The van der Waals surface area contributed by atoms with Gasteiger partial charge in [-0.05, 0) is 78.4 Å². The molecular weight excluding hydrogens is 790 g/mol. The molecule has 7 nitrogen and oxygen atoms in total. The van der Waals surface area contributed by atoms with Gasteiger partial charge in [-0.25, -0.2) is 9.97 Å². The molecule has 0 saturated heterocycles. The van der Waals surface area contributed by atoms with Crippen LogP contribution in [0.3, 0.4) is 0 Å². The van der Waals surface area contributed by atoms with E-state index in [1.165, 1.54) is 0 Å². The number of halogens is 2. The van der Waals surface area contributed by atoms with Crippen molar-refractivity contribution in [3.05, 3.63) is 172 Å². The normalized spacial score (nSPS) is 12.3. The van der Waals surface area contributed by atoms with E-state index in [1.54, 1.807) is 6.07 Å². The first kappa shape index (κ1) is 32.7. The molecule has 0 amide bonds. The molecule has 5 heterocycles. The fourth-order valence-electron chi connectivity index (χ4n) is 7.11. The molecule has 2 aliphatic rings. The predicted molar refractivity (Wildman–Crippen MR) is 223 cm³/mol. The number of nitrogens with one attached hydrogen (secondary N) is 2. The van der Waals surface area contributed by atoms with Gasteiger partial charge in [0.05, 0.1) is 42.2 Å². The van der Waals surface area contributed by atoms with Crippen LogP contribution in [-0.2, 0) is 0 Å².